The average molecular weight is 346 g/mol. The number of nitrogens with zero attached hydrogens (tertiary/aromatic N) is 2. The lowest BCUT2D eigenvalue weighted by molar-refractivity contribution is -0.385. The minimum absolute atomic E-state index is 0.141. The number of carbonyl (C=O) groups is 1. The molecule has 0 bridgehead atoms. The maximum atomic E-state index is 13.2. The maximum absolute atomic E-state index is 13.2. The first-order chi connectivity index (χ1) is 8.95. The first-order valence-corrected chi connectivity index (χ1v) is 6.44. The summed E-state index contributed by atoms with van der Waals surface area (Å²) in [5, 5.41) is 13.3. The van der Waals surface area contributed by atoms with E-state index >= 15 is 0 Å². The van der Waals surface area contributed by atoms with E-state index in [4.69, 9.17) is 0 Å². The Balaban J connectivity index is 2.26. The quantitative estimate of drug-likeness (QED) is 0.683. The highest BCUT2D eigenvalue weighted by Crippen LogP contribution is 2.24. The molecule has 0 aliphatic carbocycles. The van der Waals surface area contributed by atoms with Gasteiger partial charge < -0.3 is 0 Å². The normalized spacial score (nSPS) is 10.2. The molecule has 1 N–H and O–H groups in total. The van der Waals surface area contributed by atoms with Gasteiger partial charge in [-0.1, -0.05) is 11.3 Å². The number of halogens is 2. The van der Waals surface area contributed by atoms with E-state index in [2.05, 4.69) is 26.2 Å². The summed E-state index contributed by atoms with van der Waals surface area (Å²) in [4.78, 5) is 25.5. The van der Waals surface area contributed by atoms with Gasteiger partial charge in [0, 0.05) is 11.6 Å². The third-order valence-electron chi connectivity index (χ3n) is 2.05. The zero-order valence-electron chi connectivity index (χ0n) is 9.09. The molecule has 0 unspecified atom stereocenters. The van der Waals surface area contributed by atoms with Crippen LogP contribution >= 0.6 is 27.3 Å². The van der Waals surface area contributed by atoms with Gasteiger partial charge in [0.2, 0.25) is 0 Å². The highest BCUT2D eigenvalue weighted by Gasteiger charge is 2.15. The largest absolute Gasteiger partial charge is 0.298 e. The fourth-order valence-corrected chi connectivity index (χ4v) is 2.39. The second-order valence-electron chi connectivity index (χ2n) is 3.38. The Kier molecular flexibility index (Phi) is 3.86. The summed E-state index contributed by atoms with van der Waals surface area (Å²) in [5.74, 6) is -1.51. The van der Waals surface area contributed by atoms with Crippen molar-refractivity contribution in [1.82, 2.24) is 4.98 Å². The van der Waals surface area contributed by atoms with E-state index < -0.39 is 22.3 Å². The molecular formula is C10H5BrFN3O3S. The second kappa shape index (κ2) is 5.41. The van der Waals surface area contributed by atoms with Crippen LogP contribution in [0.5, 0.6) is 0 Å². The van der Waals surface area contributed by atoms with E-state index in [9.17, 15) is 19.3 Å². The van der Waals surface area contributed by atoms with Gasteiger partial charge in [0.15, 0.2) is 5.13 Å². The van der Waals surface area contributed by atoms with E-state index in [0.717, 1.165) is 18.2 Å². The molecule has 0 fully saturated rings. The minimum atomic E-state index is -0.848. The van der Waals surface area contributed by atoms with Crippen molar-refractivity contribution < 1.29 is 14.1 Å². The topological polar surface area (TPSA) is 85.1 Å². The van der Waals surface area contributed by atoms with Gasteiger partial charge in [-0.05, 0) is 22.0 Å². The van der Waals surface area contributed by atoms with Crippen molar-refractivity contribution in [2.75, 3.05) is 5.32 Å². The molecule has 1 aromatic heterocycles. The molecular weight excluding hydrogens is 341 g/mol. The Bertz CT molecular complexity index is 661. The van der Waals surface area contributed by atoms with Crippen LogP contribution in [0.3, 0.4) is 0 Å². The lowest BCUT2D eigenvalue weighted by Crippen LogP contribution is -2.12. The summed E-state index contributed by atoms with van der Waals surface area (Å²) >= 11 is 4.35. The number of aromatic nitrogens is 1. The van der Waals surface area contributed by atoms with Crippen molar-refractivity contribution in [3.63, 3.8) is 0 Å². The van der Waals surface area contributed by atoms with E-state index in [1.165, 1.54) is 17.5 Å². The van der Waals surface area contributed by atoms with Crippen molar-refractivity contribution in [2.24, 2.45) is 0 Å². The number of hydrogen-bond acceptors (Lipinski definition) is 5. The molecule has 2 aromatic rings. The Morgan fingerprint density at radius 1 is 1.47 bits per heavy atom. The number of benzene rings is 1. The van der Waals surface area contributed by atoms with Gasteiger partial charge in [0.05, 0.1) is 21.0 Å². The fraction of sp³-hybridized carbons (Fsp3) is 0. The van der Waals surface area contributed by atoms with Gasteiger partial charge in [-0.15, -0.1) is 0 Å². The van der Waals surface area contributed by atoms with Crippen LogP contribution in [0.2, 0.25) is 0 Å². The highest BCUT2D eigenvalue weighted by atomic mass is 79.9. The number of amides is 1. The maximum Gasteiger partial charge on any atom is 0.273 e. The Hall–Kier alpha value is -1.87. The van der Waals surface area contributed by atoms with E-state index in [0.29, 0.717) is 8.92 Å². The van der Waals surface area contributed by atoms with Crippen LogP contribution in [0.4, 0.5) is 15.2 Å². The number of thiazole rings is 1. The smallest absolute Gasteiger partial charge is 0.273 e. The Morgan fingerprint density at radius 3 is 2.79 bits per heavy atom. The highest BCUT2D eigenvalue weighted by molar-refractivity contribution is 9.11. The van der Waals surface area contributed by atoms with Gasteiger partial charge in [-0.2, -0.15) is 0 Å². The second-order valence-corrected chi connectivity index (χ2v) is 5.79. The molecule has 6 nitrogen and oxygen atoms in total. The molecule has 9 heteroatoms. The zero-order valence-corrected chi connectivity index (χ0v) is 11.5. The molecule has 98 valence electrons. The molecule has 0 aliphatic rings. The van der Waals surface area contributed by atoms with Crippen LogP contribution in [0.1, 0.15) is 10.4 Å². The molecule has 1 aromatic carbocycles. The van der Waals surface area contributed by atoms with Crippen LogP contribution in [-0.2, 0) is 0 Å². The van der Waals surface area contributed by atoms with Crippen LogP contribution in [0, 0.1) is 15.9 Å². The summed E-state index contributed by atoms with van der Waals surface area (Å²) < 4.78 is 13.9. The third-order valence-corrected chi connectivity index (χ3v) is 3.45. The molecule has 0 aliphatic heterocycles. The van der Waals surface area contributed by atoms with Gasteiger partial charge in [-0.3, -0.25) is 20.2 Å². The monoisotopic (exact) mass is 345 g/mol. The molecule has 0 spiro atoms. The number of carbonyl (C=O) groups excluding carboxylic acids is 1. The van der Waals surface area contributed by atoms with Crippen LogP contribution in [-0.4, -0.2) is 15.8 Å². The summed E-state index contributed by atoms with van der Waals surface area (Å²) in [6.45, 7) is 0. The number of non-ortho nitro benzene ring substituents is 1. The Morgan fingerprint density at radius 2 is 2.21 bits per heavy atom. The number of anilines is 1. The van der Waals surface area contributed by atoms with Gasteiger partial charge in [0.25, 0.3) is 11.6 Å². The van der Waals surface area contributed by atoms with Crippen molar-refractivity contribution in [2.45, 2.75) is 0 Å². The molecule has 1 amide bonds. The number of hydrogen-bond donors (Lipinski definition) is 1. The predicted octanol–water partition coefficient (Wildman–Crippen LogP) is 3.21. The van der Waals surface area contributed by atoms with Crippen molar-refractivity contribution in [3.8, 4) is 0 Å². The molecule has 0 atom stereocenters. The van der Waals surface area contributed by atoms with Crippen LogP contribution < -0.4 is 5.32 Å². The third kappa shape index (κ3) is 3.32. The van der Waals surface area contributed by atoms with Crippen molar-refractivity contribution >= 4 is 44.0 Å². The zero-order chi connectivity index (χ0) is 14.0. The van der Waals surface area contributed by atoms with Crippen molar-refractivity contribution in [3.05, 3.63) is 49.7 Å². The summed E-state index contributed by atoms with van der Waals surface area (Å²) in [7, 11) is 0. The number of rotatable bonds is 3. The SMILES string of the molecule is O=C(Nc1ncc(Br)s1)c1cc(F)cc([N+](=O)[O-])c1. The van der Waals surface area contributed by atoms with E-state index in [1.54, 1.807) is 0 Å². The number of nitro benzene ring substituents is 1. The first-order valence-electron chi connectivity index (χ1n) is 4.83. The average Bonchev–Trinajstić information content (AvgIpc) is 2.73. The van der Waals surface area contributed by atoms with Crippen LogP contribution in [0.15, 0.2) is 28.2 Å². The molecule has 1 heterocycles. The van der Waals surface area contributed by atoms with Crippen LogP contribution in [0.25, 0.3) is 0 Å². The first kappa shape index (κ1) is 13.6. The summed E-state index contributed by atoms with van der Waals surface area (Å²) in [5.41, 5.74) is -0.622. The Labute approximate surface area is 118 Å². The number of nitrogens with one attached hydrogen (secondary N) is 1. The molecule has 0 radical (unpaired) electrons. The fourth-order valence-electron chi connectivity index (χ4n) is 1.29. The van der Waals surface area contributed by atoms with Gasteiger partial charge in [-0.25, -0.2) is 9.37 Å². The molecule has 2 rings (SSSR count). The lowest BCUT2D eigenvalue weighted by Gasteiger charge is -2.02. The molecule has 19 heavy (non-hydrogen) atoms. The lowest BCUT2D eigenvalue weighted by atomic mass is 10.2. The number of nitro groups is 1. The van der Waals surface area contributed by atoms with E-state index in [1.807, 2.05) is 0 Å². The van der Waals surface area contributed by atoms with Crippen molar-refractivity contribution in [1.29, 1.82) is 0 Å². The molecule has 0 saturated carbocycles. The minimum Gasteiger partial charge on any atom is -0.298 e. The predicted molar refractivity (Wildman–Crippen MR) is 70.8 cm³/mol. The standard InChI is InChI=1S/C10H5BrFN3O3S/c11-8-4-13-10(19-8)14-9(16)5-1-6(12)3-7(2-5)15(17)18/h1-4H,(H,13,14,16). The van der Waals surface area contributed by atoms with E-state index in [-0.39, 0.29) is 5.56 Å². The molecule has 0 saturated heterocycles. The summed E-state index contributed by atoms with van der Waals surface area (Å²) in [6, 6.07) is 2.67. The van der Waals surface area contributed by atoms with Gasteiger partial charge in [0.1, 0.15) is 5.82 Å². The summed E-state index contributed by atoms with van der Waals surface area (Å²) in [6.07, 6.45) is 1.49. The van der Waals surface area contributed by atoms with Gasteiger partial charge >= 0.3 is 0 Å².